The van der Waals surface area contributed by atoms with Gasteiger partial charge in [-0.15, -0.1) is 5.10 Å². The highest BCUT2D eigenvalue weighted by atomic mass is 16.3. The van der Waals surface area contributed by atoms with Gasteiger partial charge in [-0.1, -0.05) is 0 Å². The summed E-state index contributed by atoms with van der Waals surface area (Å²) in [5, 5.41) is 6.44. The van der Waals surface area contributed by atoms with Gasteiger partial charge in [-0.05, 0) is 24.3 Å². The fourth-order valence-corrected chi connectivity index (χ4v) is 1.51. The van der Waals surface area contributed by atoms with Crippen LogP contribution in [0.2, 0.25) is 0 Å². The van der Waals surface area contributed by atoms with Crippen LogP contribution >= 0.6 is 0 Å². The van der Waals surface area contributed by atoms with Crippen LogP contribution in [0, 0.1) is 0 Å². The maximum Gasteiger partial charge on any atom is 0.239 e. The Morgan fingerprint density at radius 3 is 2.76 bits per heavy atom. The molecule has 3 aromatic rings. The van der Waals surface area contributed by atoms with Crippen LogP contribution < -0.4 is 5.73 Å². The smallest absolute Gasteiger partial charge is 0.239 e. The molecule has 3 heterocycles. The van der Waals surface area contributed by atoms with Gasteiger partial charge in [-0.3, -0.25) is 10.1 Å². The third-order valence-electron chi connectivity index (χ3n) is 2.29. The van der Waals surface area contributed by atoms with Crippen molar-refractivity contribution in [3.05, 3.63) is 36.7 Å². The van der Waals surface area contributed by atoms with Crippen molar-refractivity contribution in [1.29, 1.82) is 0 Å². The Morgan fingerprint density at radius 2 is 2.06 bits per heavy atom. The number of nitrogen functional groups attached to an aromatic ring is 1. The van der Waals surface area contributed by atoms with Crippen LogP contribution in [0.3, 0.4) is 0 Å². The van der Waals surface area contributed by atoms with E-state index in [1.54, 1.807) is 12.4 Å². The van der Waals surface area contributed by atoms with Crippen molar-refractivity contribution in [1.82, 2.24) is 20.2 Å². The molecule has 0 aliphatic heterocycles. The topological polar surface area (TPSA) is 93.6 Å². The fourth-order valence-electron chi connectivity index (χ4n) is 1.51. The molecule has 0 fully saturated rings. The summed E-state index contributed by atoms with van der Waals surface area (Å²) in [5.41, 5.74) is 6.34. The van der Waals surface area contributed by atoms with Crippen LogP contribution in [-0.2, 0) is 0 Å². The van der Waals surface area contributed by atoms with Gasteiger partial charge >= 0.3 is 0 Å². The number of furan rings is 1. The van der Waals surface area contributed by atoms with Gasteiger partial charge in [-0.25, -0.2) is 0 Å². The first-order valence-electron chi connectivity index (χ1n) is 5.01. The lowest BCUT2D eigenvalue weighted by atomic mass is 10.2. The number of aromatic amines is 1. The van der Waals surface area contributed by atoms with E-state index in [4.69, 9.17) is 10.2 Å². The third kappa shape index (κ3) is 1.76. The molecule has 0 amide bonds. The van der Waals surface area contributed by atoms with E-state index in [1.165, 1.54) is 0 Å². The predicted molar refractivity (Wildman–Crippen MR) is 61.7 cm³/mol. The monoisotopic (exact) mass is 227 g/mol. The Balaban J connectivity index is 1.99. The van der Waals surface area contributed by atoms with Crippen LogP contribution in [0.15, 0.2) is 41.1 Å². The van der Waals surface area contributed by atoms with Crippen molar-refractivity contribution in [2.45, 2.75) is 0 Å². The Labute approximate surface area is 96.5 Å². The third-order valence-corrected chi connectivity index (χ3v) is 2.29. The number of aromatic nitrogens is 4. The number of anilines is 1. The first kappa shape index (κ1) is 9.59. The summed E-state index contributed by atoms with van der Waals surface area (Å²) in [6.07, 6.45) is 3.45. The highest BCUT2D eigenvalue weighted by Gasteiger charge is 2.09. The number of nitrogens with two attached hydrogens (primary N) is 1. The molecule has 6 heteroatoms. The number of hydrogen-bond acceptors (Lipinski definition) is 5. The van der Waals surface area contributed by atoms with Gasteiger partial charge in [-0.2, -0.15) is 4.98 Å². The second-order valence-corrected chi connectivity index (χ2v) is 3.45. The molecule has 0 saturated heterocycles. The zero-order chi connectivity index (χ0) is 11.7. The molecule has 6 nitrogen and oxygen atoms in total. The zero-order valence-corrected chi connectivity index (χ0v) is 8.79. The molecule has 0 bridgehead atoms. The van der Waals surface area contributed by atoms with Gasteiger partial charge < -0.3 is 10.2 Å². The van der Waals surface area contributed by atoms with Crippen molar-refractivity contribution in [2.75, 3.05) is 5.73 Å². The Kier molecular flexibility index (Phi) is 2.11. The number of pyridine rings is 1. The number of nitrogens with one attached hydrogen (secondary N) is 1. The summed E-state index contributed by atoms with van der Waals surface area (Å²) in [7, 11) is 0. The van der Waals surface area contributed by atoms with Crippen molar-refractivity contribution in [2.24, 2.45) is 0 Å². The Bertz CT molecular complexity index is 628. The van der Waals surface area contributed by atoms with E-state index in [2.05, 4.69) is 20.2 Å². The lowest BCUT2D eigenvalue weighted by Crippen LogP contribution is -1.85. The first-order valence-corrected chi connectivity index (χ1v) is 5.01. The summed E-state index contributed by atoms with van der Waals surface area (Å²) in [5.74, 6) is 2.02. The highest BCUT2D eigenvalue weighted by Crippen LogP contribution is 2.25. The van der Waals surface area contributed by atoms with Gasteiger partial charge in [0, 0.05) is 18.0 Å². The summed E-state index contributed by atoms with van der Waals surface area (Å²) in [6.45, 7) is 0. The van der Waals surface area contributed by atoms with Crippen LogP contribution in [0.4, 0.5) is 5.95 Å². The van der Waals surface area contributed by atoms with Crippen molar-refractivity contribution in [3.8, 4) is 22.9 Å². The van der Waals surface area contributed by atoms with Crippen LogP contribution in [-0.4, -0.2) is 20.2 Å². The summed E-state index contributed by atoms with van der Waals surface area (Å²) in [4.78, 5) is 8.02. The van der Waals surface area contributed by atoms with E-state index in [0.29, 0.717) is 11.6 Å². The molecule has 0 atom stereocenters. The van der Waals surface area contributed by atoms with Crippen LogP contribution in [0.5, 0.6) is 0 Å². The average Bonchev–Trinajstić information content (AvgIpc) is 2.98. The van der Waals surface area contributed by atoms with E-state index in [9.17, 15) is 0 Å². The molecule has 0 aromatic carbocycles. The van der Waals surface area contributed by atoms with Gasteiger partial charge in [0.15, 0.2) is 11.6 Å². The Morgan fingerprint density at radius 1 is 1.18 bits per heavy atom. The second kappa shape index (κ2) is 3.75. The van der Waals surface area contributed by atoms with Crippen molar-refractivity contribution in [3.63, 3.8) is 0 Å². The summed E-state index contributed by atoms with van der Waals surface area (Å²) < 4.78 is 5.64. The maximum absolute atomic E-state index is 5.64. The van der Waals surface area contributed by atoms with E-state index in [-0.39, 0.29) is 5.95 Å². The molecule has 0 aliphatic rings. The second-order valence-electron chi connectivity index (χ2n) is 3.45. The number of nitrogens with zero attached hydrogens (tertiary/aromatic N) is 3. The standard InChI is InChI=1S/C11H9N5O/c12-11-14-10(15-16-11)9-4-3-8(17-9)7-2-1-5-13-6-7/h1-6H,(H3,12,14,15,16). The molecule has 3 N–H and O–H groups in total. The highest BCUT2D eigenvalue weighted by molar-refractivity contribution is 5.60. The van der Waals surface area contributed by atoms with Gasteiger partial charge in [0.05, 0.1) is 0 Å². The Hall–Kier alpha value is -2.63. The SMILES string of the molecule is Nc1n[nH]c(-c2ccc(-c3cccnc3)o2)n1. The fraction of sp³-hybridized carbons (Fsp3) is 0. The van der Waals surface area contributed by atoms with Crippen LogP contribution in [0.1, 0.15) is 0 Å². The lowest BCUT2D eigenvalue weighted by molar-refractivity contribution is 0.592. The normalized spacial score (nSPS) is 10.6. The molecule has 0 saturated carbocycles. The van der Waals surface area contributed by atoms with Gasteiger partial charge in [0.1, 0.15) is 5.76 Å². The van der Waals surface area contributed by atoms with Crippen molar-refractivity contribution >= 4 is 5.95 Å². The molecule has 3 aromatic heterocycles. The minimum atomic E-state index is 0.194. The van der Waals surface area contributed by atoms with Crippen LogP contribution in [0.25, 0.3) is 22.9 Å². The van der Waals surface area contributed by atoms with Gasteiger partial charge in [0.2, 0.25) is 5.95 Å². The average molecular weight is 227 g/mol. The number of rotatable bonds is 2. The molecule has 17 heavy (non-hydrogen) atoms. The molecular formula is C11H9N5O. The number of H-pyrrole nitrogens is 1. The zero-order valence-electron chi connectivity index (χ0n) is 8.79. The molecule has 3 rings (SSSR count). The minimum Gasteiger partial charge on any atom is -0.453 e. The molecule has 0 radical (unpaired) electrons. The minimum absolute atomic E-state index is 0.194. The van der Waals surface area contributed by atoms with E-state index < -0.39 is 0 Å². The van der Waals surface area contributed by atoms with E-state index >= 15 is 0 Å². The van der Waals surface area contributed by atoms with E-state index in [1.807, 2.05) is 24.3 Å². The van der Waals surface area contributed by atoms with E-state index in [0.717, 1.165) is 11.3 Å². The maximum atomic E-state index is 5.64. The molecule has 84 valence electrons. The van der Waals surface area contributed by atoms with Crippen molar-refractivity contribution < 1.29 is 4.42 Å². The molecule has 0 aliphatic carbocycles. The first-order chi connectivity index (χ1) is 8.33. The quantitative estimate of drug-likeness (QED) is 0.695. The number of hydrogen-bond donors (Lipinski definition) is 2. The molecule has 0 unspecified atom stereocenters. The van der Waals surface area contributed by atoms with Gasteiger partial charge in [0.25, 0.3) is 0 Å². The summed E-state index contributed by atoms with van der Waals surface area (Å²) in [6, 6.07) is 7.43. The molecular weight excluding hydrogens is 218 g/mol. The lowest BCUT2D eigenvalue weighted by Gasteiger charge is -1.94. The molecule has 0 spiro atoms. The predicted octanol–water partition coefficient (Wildman–Crippen LogP) is 1.71. The summed E-state index contributed by atoms with van der Waals surface area (Å²) >= 11 is 0. The largest absolute Gasteiger partial charge is 0.453 e.